The fourth-order valence-electron chi connectivity index (χ4n) is 3.00. The van der Waals surface area contributed by atoms with Crippen LogP contribution in [0, 0.1) is 0 Å². The fourth-order valence-corrected chi connectivity index (χ4v) is 3.00. The number of benzene rings is 1. The van der Waals surface area contributed by atoms with Crippen molar-refractivity contribution in [2.45, 2.75) is 30.8 Å². The quantitative estimate of drug-likeness (QED) is 0.617. The maximum Gasteiger partial charge on any atom is 0.0822 e. The number of hydrogen-bond acceptors (Lipinski definition) is 1. The van der Waals surface area contributed by atoms with E-state index in [4.69, 9.17) is 0 Å². The van der Waals surface area contributed by atoms with E-state index in [1.807, 2.05) is 0 Å². The molecule has 1 saturated carbocycles. The van der Waals surface area contributed by atoms with Gasteiger partial charge in [0.1, 0.15) is 0 Å². The summed E-state index contributed by atoms with van der Waals surface area (Å²) in [5.74, 6) is 0.717. The van der Waals surface area contributed by atoms with Gasteiger partial charge in [-0.3, -0.25) is 0 Å². The van der Waals surface area contributed by atoms with E-state index >= 15 is 0 Å². The molecular weight excluding hydrogens is 172 g/mol. The molecule has 0 saturated heterocycles. The molecule has 1 N–H and O–H groups in total. The third-order valence-corrected chi connectivity index (χ3v) is 3.75. The van der Waals surface area contributed by atoms with Crippen LogP contribution in [0.25, 0.3) is 0 Å². The van der Waals surface area contributed by atoms with Gasteiger partial charge in [-0.1, -0.05) is 30.8 Å². The molecule has 0 spiro atoms. The number of fused-ring (bicyclic) bond motifs is 2. The van der Waals surface area contributed by atoms with Crippen LogP contribution in [0.4, 0.5) is 0 Å². The number of aliphatic hydroxyl groups is 1. The highest BCUT2D eigenvalue weighted by molar-refractivity contribution is 5.47. The van der Waals surface area contributed by atoms with E-state index in [1.54, 1.807) is 0 Å². The summed E-state index contributed by atoms with van der Waals surface area (Å²) in [5.41, 5.74) is 3.78. The Kier molecular flexibility index (Phi) is 1.59. The van der Waals surface area contributed by atoms with E-state index < -0.39 is 0 Å². The Bertz CT molecular complexity index is 394. The minimum absolute atomic E-state index is 0.302. The third kappa shape index (κ3) is 0.881. The molecule has 0 aromatic heterocycles. The highest BCUT2D eigenvalue weighted by Gasteiger charge is 2.40. The van der Waals surface area contributed by atoms with Crippen molar-refractivity contribution >= 4 is 0 Å². The lowest BCUT2D eigenvalue weighted by Gasteiger charge is -2.43. The van der Waals surface area contributed by atoms with Gasteiger partial charge in [0, 0.05) is 11.8 Å². The Morgan fingerprint density at radius 3 is 2.64 bits per heavy atom. The molecule has 3 atom stereocenters. The first-order valence-corrected chi connectivity index (χ1v) is 5.24. The van der Waals surface area contributed by atoms with Crippen LogP contribution < -0.4 is 0 Å². The van der Waals surface area contributed by atoms with Crippen molar-refractivity contribution in [1.29, 1.82) is 0 Å². The predicted octanol–water partition coefficient (Wildman–Crippen LogP) is 2.58. The maximum absolute atomic E-state index is 10.0. The van der Waals surface area contributed by atoms with Gasteiger partial charge in [-0.25, -0.2) is 0 Å². The summed E-state index contributed by atoms with van der Waals surface area (Å²) >= 11 is 0. The minimum atomic E-state index is -0.302. The molecule has 0 heterocycles. The van der Waals surface area contributed by atoms with Crippen LogP contribution in [-0.2, 0) is 0 Å². The monoisotopic (exact) mass is 186 g/mol. The van der Waals surface area contributed by atoms with E-state index in [1.165, 1.54) is 11.1 Å². The lowest BCUT2D eigenvalue weighted by Crippen LogP contribution is -2.35. The SMILES string of the molecule is C=C1[C@H]2CC[C@H](c3ccccc32)[C@@H]1O. The number of aliphatic hydroxyl groups excluding tert-OH is 1. The Morgan fingerprint density at radius 2 is 1.86 bits per heavy atom. The summed E-state index contributed by atoms with van der Waals surface area (Å²) in [6.07, 6.45) is 1.98. The second-order valence-electron chi connectivity index (χ2n) is 4.39. The van der Waals surface area contributed by atoms with Gasteiger partial charge >= 0.3 is 0 Å². The highest BCUT2D eigenvalue weighted by atomic mass is 16.3. The molecule has 1 fully saturated rings. The standard InChI is InChI=1S/C13H14O/c1-8-9-6-7-12(13(8)14)11-5-3-2-4-10(9)11/h2-5,9,12-14H,1,6-7H2/t9-,12-,13-/m1/s1. The zero-order valence-electron chi connectivity index (χ0n) is 8.11. The maximum atomic E-state index is 10.0. The smallest absolute Gasteiger partial charge is 0.0822 e. The van der Waals surface area contributed by atoms with Crippen molar-refractivity contribution < 1.29 is 5.11 Å². The average molecular weight is 186 g/mol. The normalized spacial score (nSPS) is 34.4. The van der Waals surface area contributed by atoms with Crippen LogP contribution in [-0.4, -0.2) is 11.2 Å². The molecule has 3 aliphatic rings. The molecule has 1 aromatic carbocycles. The first-order valence-electron chi connectivity index (χ1n) is 5.24. The second-order valence-corrected chi connectivity index (χ2v) is 4.39. The Morgan fingerprint density at radius 1 is 1.14 bits per heavy atom. The number of hydrogen-bond donors (Lipinski definition) is 1. The van der Waals surface area contributed by atoms with Gasteiger partial charge in [0.15, 0.2) is 0 Å². The van der Waals surface area contributed by atoms with Crippen LogP contribution in [0.3, 0.4) is 0 Å². The molecule has 0 aliphatic heterocycles. The summed E-state index contributed by atoms with van der Waals surface area (Å²) < 4.78 is 0. The molecular formula is C13H14O. The molecule has 72 valence electrons. The minimum Gasteiger partial charge on any atom is -0.388 e. The van der Waals surface area contributed by atoms with Gasteiger partial charge < -0.3 is 5.11 Å². The number of rotatable bonds is 0. The Hall–Kier alpha value is -1.08. The summed E-state index contributed by atoms with van der Waals surface area (Å²) in [7, 11) is 0. The van der Waals surface area contributed by atoms with Crippen LogP contribution in [0.5, 0.6) is 0 Å². The van der Waals surface area contributed by atoms with Crippen molar-refractivity contribution in [2.75, 3.05) is 0 Å². The van der Waals surface area contributed by atoms with Crippen LogP contribution in [0.1, 0.15) is 35.8 Å². The largest absolute Gasteiger partial charge is 0.388 e. The van der Waals surface area contributed by atoms with Crippen molar-refractivity contribution in [3.8, 4) is 0 Å². The lowest BCUT2D eigenvalue weighted by molar-refractivity contribution is 0.136. The molecule has 0 unspecified atom stereocenters. The van der Waals surface area contributed by atoms with Crippen molar-refractivity contribution in [3.63, 3.8) is 0 Å². The molecule has 2 bridgehead atoms. The van der Waals surface area contributed by atoms with Crippen LogP contribution >= 0.6 is 0 Å². The second kappa shape index (κ2) is 2.71. The molecule has 0 amide bonds. The molecule has 1 aromatic rings. The molecule has 1 nitrogen and oxygen atoms in total. The van der Waals surface area contributed by atoms with E-state index in [9.17, 15) is 5.11 Å². The van der Waals surface area contributed by atoms with Crippen molar-refractivity contribution in [2.24, 2.45) is 0 Å². The van der Waals surface area contributed by atoms with E-state index in [2.05, 4.69) is 30.8 Å². The summed E-state index contributed by atoms with van der Waals surface area (Å²) in [6, 6.07) is 8.49. The summed E-state index contributed by atoms with van der Waals surface area (Å²) in [6.45, 7) is 4.03. The van der Waals surface area contributed by atoms with Gasteiger partial charge in [0.05, 0.1) is 6.10 Å². The van der Waals surface area contributed by atoms with Gasteiger partial charge in [0.25, 0.3) is 0 Å². The average Bonchev–Trinajstić information content (AvgIpc) is 2.24. The zero-order chi connectivity index (χ0) is 9.71. The van der Waals surface area contributed by atoms with Crippen LogP contribution in [0.15, 0.2) is 36.4 Å². The summed E-state index contributed by atoms with van der Waals surface area (Å²) in [5, 5.41) is 10.0. The van der Waals surface area contributed by atoms with Gasteiger partial charge in [0.2, 0.25) is 0 Å². The van der Waals surface area contributed by atoms with E-state index in [0.29, 0.717) is 11.8 Å². The van der Waals surface area contributed by atoms with Gasteiger partial charge in [-0.2, -0.15) is 0 Å². The topological polar surface area (TPSA) is 20.2 Å². The lowest BCUT2D eigenvalue weighted by atomic mass is 9.63. The van der Waals surface area contributed by atoms with E-state index in [-0.39, 0.29) is 6.10 Å². The first kappa shape index (κ1) is 8.25. The molecule has 1 heteroatoms. The Labute approximate surface area is 84.1 Å². The van der Waals surface area contributed by atoms with Crippen molar-refractivity contribution in [1.82, 2.24) is 0 Å². The molecule has 4 rings (SSSR count). The predicted molar refractivity (Wildman–Crippen MR) is 56.3 cm³/mol. The molecule has 3 aliphatic carbocycles. The van der Waals surface area contributed by atoms with Crippen molar-refractivity contribution in [3.05, 3.63) is 47.5 Å². The Balaban J connectivity index is 2.22. The van der Waals surface area contributed by atoms with Crippen LogP contribution in [0.2, 0.25) is 0 Å². The highest BCUT2D eigenvalue weighted by Crippen LogP contribution is 2.51. The van der Waals surface area contributed by atoms with Gasteiger partial charge in [-0.05, 0) is 29.5 Å². The van der Waals surface area contributed by atoms with E-state index in [0.717, 1.165) is 18.4 Å². The molecule has 14 heavy (non-hydrogen) atoms. The van der Waals surface area contributed by atoms with Gasteiger partial charge in [-0.15, -0.1) is 0 Å². The third-order valence-electron chi connectivity index (χ3n) is 3.75. The summed E-state index contributed by atoms with van der Waals surface area (Å²) in [4.78, 5) is 0. The first-order chi connectivity index (χ1) is 6.79. The zero-order valence-corrected chi connectivity index (χ0v) is 8.11. The molecule has 0 radical (unpaired) electrons. The fraction of sp³-hybridized carbons (Fsp3) is 0.385.